The van der Waals surface area contributed by atoms with Gasteiger partial charge in [-0.05, 0) is 41.4 Å². The molecular formula is C20H23N3O3S. The van der Waals surface area contributed by atoms with Crippen molar-refractivity contribution in [3.05, 3.63) is 46.2 Å². The fourth-order valence-electron chi connectivity index (χ4n) is 2.99. The summed E-state index contributed by atoms with van der Waals surface area (Å²) in [5.41, 5.74) is 1.83. The van der Waals surface area contributed by atoms with Crippen molar-refractivity contribution in [3.63, 3.8) is 0 Å². The fraction of sp³-hybridized carbons (Fsp3) is 0.400. The molecule has 1 saturated heterocycles. The standard InChI is InChI=1S/C20H23N3O3S/c1-2-25-19-11-16(12-21)3-4-18(19)26-14-20(24)23-8-6-22(7-9-23)13-17-5-10-27-15-17/h3-5,10-11,15H,2,6-9,13-14H2,1H3. The normalized spacial score (nSPS) is 14.6. The molecule has 0 spiro atoms. The van der Waals surface area contributed by atoms with Gasteiger partial charge in [-0.25, -0.2) is 0 Å². The number of hydrogen-bond donors (Lipinski definition) is 0. The predicted molar refractivity (Wildman–Crippen MR) is 104 cm³/mol. The van der Waals surface area contributed by atoms with E-state index in [1.807, 2.05) is 11.8 Å². The molecule has 3 rings (SSSR count). The summed E-state index contributed by atoms with van der Waals surface area (Å²) >= 11 is 1.71. The van der Waals surface area contributed by atoms with Crippen molar-refractivity contribution in [2.24, 2.45) is 0 Å². The van der Waals surface area contributed by atoms with Crippen molar-refractivity contribution in [1.82, 2.24) is 9.80 Å². The van der Waals surface area contributed by atoms with Gasteiger partial charge in [-0.2, -0.15) is 16.6 Å². The highest BCUT2D eigenvalue weighted by molar-refractivity contribution is 7.07. The first kappa shape index (κ1) is 19.2. The van der Waals surface area contributed by atoms with Gasteiger partial charge in [-0.1, -0.05) is 0 Å². The summed E-state index contributed by atoms with van der Waals surface area (Å²) in [5, 5.41) is 13.3. The molecule has 2 aromatic rings. The van der Waals surface area contributed by atoms with Crippen molar-refractivity contribution in [2.75, 3.05) is 39.4 Å². The number of nitriles is 1. The number of ether oxygens (including phenoxy) is 2. The fourth-order valence-corrected chi connectivity index (χ4v) is 3.65. The first-order valence-corrected chi connectivity index (χ1v) is 9.95. The highest BCUT2D eigenvalue weighted by Crippen LogP contribution is 2.28. The van der Waals surface area contributed by atoms with Gasteiger partial charge in [0.2, 0.25) is 0 Å². The molecule has 1 fully saturated rings. The van der Waals surface area contributed by atoms with Gasteiger partial charge in [0.25, 0.3) is 5.91 Å². The van der Waals surface area contributed by atoms with Crippen LogP contribution in [0.2, 0.25) is 0 Å². The average molecular weight is 385 g/mol. The van der Waals surface area contributed by atoms with Crippen LogP contribution in [-0.2, 0) is 11.3 Å². The topological polar surface area (TPSA) is 65.8 Å². The average Bonchev–Trinajstić information content (AvgIpc) is 3.20. The molecule has 0 N–H and O–H groups in total. The van der Waals surface area contributed by atoms with Crippen molar-refractivity contribution < 1.29 is 14.3 Å². The zero-order chi connectivity index (χ0) is 19.1. The maximum atomic E-state index is 12.5. The quantitative estimate of drug-likeness (QED) is 0.733. The molecule has 1 aromatic heterocycles. The van der Waals surface area contributed by atoms with E-state index in [9.17, 15) is 4.79 Å². The molecule has 0 aliphatic carbocycles. The minimum atomic E-state index is -0.0312. The molecule has 0 saturated carbocycles. The number of hydrogen-bond acceptors (Lipinski definition) is 6. The van der Waals surface area contributed by atoms with E-state index in [1.54, 1.807) is 29.5 Å². The molecule has 6 nitrogen and oxygen atoms in total. The minimum absolute atomic E-state index is 0.0306. The molecule has 1 aliphatic heterocycles. The van der Waals surface area contributed by atoms with Crippen LogP contribution in [0.25, 0.3) is 0 Å². The highest BCUT2D eigenvalue weighted by atomic mass is 32.1. The van der Waals surface area contributed by atoms with E-state index >= 15 is 0 Å². The number of amides is 1. The van der Waals surface area contributed by atoms with Crippen LogP contribution < -0.4 is 9.47 Å². The third-order valence-electron chi connectivity index (χ3n) is 4.44. The van der Waals surface area contributed by atoms with Crippen LogP contribution in [-0.4, -0.2) is 55.1 Å². The van der Waals surface area contributed by atoms with Gasteiger partial charge in [0.05, 0.1) is 18.2 Å². The van der Waals surface area contributed by atoms with Crippen LogP contribution in [0.5, 0.6) is 11.5 Å². The molecule has 1 aliphatic rings. The van der Waals surface area contributed by atoms with Gasteiger partial charge in [0.15, 0.2) is 18.1 Å². The Labute approximate surface area is 163 Å². The Morgan fingerprint density at radius 1 is 1.19 bits per heavy atom. The number of carbonyl (C=O) groups is 1. The van der Waals surface area contributed by atoms with E-state index in [1.165, 1.54) is 5.56 Å². The van der Waals surface area contributed by atoms with Gasteiger partial charge in [-0.15, -0.1) is 0 Å². The third-order valence-corrected chi connectivity index (χ3v) is 5.17. The summed E-state index contributed by atoms with van der Waals surface area (Å²) in [6, 6.07) is 9.18. The SMILES string of the molecule is CCOc1cc(C#N)ccc1OCC(=O)N1CCN(Cc2ccsc2)CC1. The van der Waals surface area contributed by atoms with Gasteiger partial charge < -0.3 is 14.4 Å². The van der Waals surface area contributed by atoms with Crippen LogP contribution in [0, 0.1) is 11.3 Å². The summed E-state index contributed by atoms with van der Waals surface area (Å²) in [6.07, 6.45) is 0. The molecule has 142 valence electrons. The Balaban J connectivity index is 1.49. The molecule has 1 amide bonds. The van der Waals surface area contributed by atoms with Crippen LogP contribution in [0.1, 0.15) is 18.1 Å². The Morgan fingerprint density at radius 2 is 2.00 bits per heavy atom. The zero-order valence-corrected chi connectivity index (χ0v) is 16.2. The lowest BCUT2D eigenvalue weighted by Crippen LogP contribution is -2.49. The van der Waals surface area contributed by atoms with E-state index in [-0.39, 0.29) is 12.5 Å². The molecular weight excluding hydrogens is 362 g/mol. The molecule has 0 radical (unpaired) electrons. The Hall–Kier alpha value is -2.56. The molecule has 0 bridgehead atoms. The van der Waals surface area contributed by atoms with Gasteiger partial charge in [0.1, 0.15) is 0 Å². The van der Waals surface area contributed by atoms with Crippen LogP contribution in [0.15, 0.2) is 35.0 Å². The maximum absolute atomic E-state index is 12.5. The van der Waals surface area contributed by atoms with E-state index < -0.39 is 0 Å². The second kappa shape index (κ2) is 9.40. The van der Waals surface area contributed by atoms with Crippen molar-refractivity contribution in [3.8, 4) is 17.6 Å². The molecule has 27 heavy (non-hydrogen) atoms. The number of carbonyl (C=O) groups excluding carboxylic acids is 1. The summed E-state index contributed by atoms with van der Waals surface area (Å²) < 4.78 is 11.2. The Bertz CT molecular complexity index is 793. The summed E-state index contributed by atoms with van der Waals surface area (Å²) in [5.74, 6) is 0.946. The second-order valence-corrected chi connectivity index (χ2v) is 7.06. The first-order valence-electron chi connectivity index (χ1n) is 9.00. The lowest BCUT2D eigenvalue weighted by molar-refractivity contribution is -0.135. The van der Waals surface area contributed by atoms with E-state index in [0.717, 1.165) is 19.6 Å². The van der Waals surface area contributed by atoms with Crippen LogP contribution in [0.3, 0.4) is 0 Å². The van der Waals surface area contributed by atoms with Gasteiger partial charge in [-0.3, -0.25) is 9.69 Å². The largest absolute Gasteiger partial charge is 0.490 e. The van der Waals surface area contributed by atoms with Crippen molar-refractivity contribution in [2.45, 2.75) is 13.5 Å². The maximum Gasteiger partial charge on any atom is 0.260 e. The lowest BCUT2D eigenvalue weighted by Gasteiger charge is -2.34. The Morgan fingerprint density at radius 3 is 2.67 bits per heavy atom. The number of rotatable bonds is 7. The lowest BCUT2D eigenvalue weighted by atomic mass is 10.2. The predicted octanol–water partition coefficient (Wildman–Crippen LogP) is 2.74. The smallest absolute Gasteiger partial charge is 0.260 e. The second-order valence-electron chi connectivity index (χ2n) is 6.28. The number of nitrogens with zero attached hydrogens (tertiary/aromatic N) is 3. The van der Waals surface area contributed by atoms with E-state index in [2.05, 4.69) is 27.8 Å². The number of thiophene rings is 1. The van der Waals surface area contributed by atoms with Crippen molar-refractivity contribution >= 4 is 17.2 Å². The van der Waals surface area contributed by atoms with Gasteiger partial charge >= 0.3 is 0 Å². The monoisotopic (exact) mass is 385 g/mol. The highest BCUT2D eigenvalue weighted by Gasteiger charge is 2.22. The molecule has 7 heteroatoms. The molecule has 1 aromatic carbocycles. The van der Waals surface area contributed by atoms with E-state index in [4.69, 9.17) is 14.7 Å². The first-order chi connectivity index (χ1) is 13.2. The summed E-state index contributed by atoms with van der Waals surface area (Å²) in [4.78, 5) is 16.7. The molecule has 2 heterocycles. The third kappa shape index (κ3) is 5.22. The minimum Gasteiger partial charge on any atom is -0.490 e. The molecule has 0 unspecified atom stereocenters. The summed E-state index contributed by atoms with van der Waals surface area (Å²) in [7, 11) is 0. The Kier molecular flexibility index (Phi) is 6.69. The van der Waals surface area contributed by atoms with E-state index in [0.29, 0.717) is 36.8 Å². The zero-order valence-electron chi connectivity index (χ0n) is 15.4. The van der Waals surface area contributed by atoms with Crippen LogP contribution in [0.4, 0.5) is 0 Å². The van der Waals surface area contributed by atoms with Crippen molar-refractivity contribution in [1.29, 1.82) is 5.26 Å². The molecule has 0 atom stereocenters. The van der Waals surface area contributed by atoms with Gasteiger partial charge in [0, 0.05) is 38.8 Å². The van der Waals surface area contributed by atoms with Crippen LogP contribution >= 0.6 is 11.3 Å². The number of piperazine rings is 1. The summed E-state index contributed by atoms with van der Waals surface area (Å²) in [6.45, 7) is 6.37. The number of benzene rings is 1.